The Kier molecular flexibility index (Phi) is 3.60. The lowest BCUT2D eigenvalue weighted by molar-refractivity contribution is 0.622. The normalized spacial score (nSPS) is 25.3. The van der Waals surface area contributed by atoms with Crippen LogP contribution in [0.15, 0.2) is 6.07 Å². The number of nitrogens with one attached hydrogen (secondary N) is 1. The van der Waals surface area contributed by atoms with Crippen molar-refractivity contribution in [2.45, 2.75) is 18.9 Å². The molecule has 7 heteroatoms. The third kappa shape index (κ3) is 3.05. The van der Waals surface area contributed by atoms with Gasteiger partial charge in [0, 0.05) is 34.4 Å². The molecule has 0 aliphatic carbocycles. The van der Waals surface area contributed by atoms with Gasteiger partial charge in [0.05, 0.1) is 0 Å². The number of hydrogen-bond acceptors (Lipinski definition) is 5. The molecule has 2 rings (SSSR count). The summed E-state index contributed by atoms with van der Waals surface area (Å²) < 4.78 is 11.2. The van der Waals surface area contributed by atoms with Gasteiger partial charge in [-0.05, 0) is 12.8 Å². The van der Waals surface area contributed by atoms with Crippen LogP contribution < -0.4 is 11.1 Å². The molecule has 0 atom stereocenters. The first kappa shape index (κ1) is 11.6. The van der Waals surface area contributed by atoms with Gasteiger partial charge in [-0.1, -0.05) is 11.6 Å². The number of rotatable bonds is 2. The van der Waals surface area contributed by atoms with E-state index in [4.69, 9.17) is 17.3 Å². The van der Waals surface area contributed by atoms with E-state index in [1.165, 1.54) is 0 Å². The summed E-state index contributed by atoms with van der Waals surface area (Å²) >= 11 is 5.77. The van der Waals surface area contributed by atoms with Crippen molar-refractivity contribution >= 4 is 34.2 Å². The molecule has 0 unspecified atom stereocenters. The predicted octanol–water partition coefficient (Wildman–Crippen LogP) is 1.04. The Balaban J connectivity index is 2.00. The number of halogens is 1. The smallest absolute Gasteiger partial charge is 0.223 e. The van der Waals surface area contributed by atoms with Crippen LogP contribution in [0.2, 0.25) is 5.15 Å². The summed E-state index contributed by atoms with van der Waals surface area (Å²) in [5.41, 5.74) is 5.49. The number of nitrogens with zero attached hydrogens (tertiary/aromatic N) is 2. The Hall–Kier alpha value is -0.880. The Morgan fingerprint density at radius 3 is 2.75 bits per heavy atom. The topological polar surface area (TPSA) is 80.9 Å². The minimum atomic E-state index is -0.651. The van der Waals surface area contributed by atoms with Crippen LogP contribution in [0.5, 0.6) is 0 Å². The van der Waals surface area contributed by atoms with Crippen LogP contribution >= 0.6 is 11.6 Å². The standard InChI is InChI=1S/C9H13ClN4OS/c10-7-5-8(14-9(11)13-7)12-6-1-3-16(15)4-2-6/h5-6H,1-4H2,(H3,11,12,13,14). The van der Waals surface area contributed by atoms with E-state index in [2.05, 4.69) is 15.3 Å². The molecule has 1 aliphatic rings. The van der Waals surface area contributed by atoms with Gasteiger partial charge in [-0.15, -0.1) is 0 Å². The SMILES string of the molecule is Nc1nc(Cl)cc(NC2CCS(=O)CC2)n1. The highest BCUT2D eigenvalue weighted by atomic mass is 35.5. The molecule has 0 amide bonds. The summed E-state index contributed by atoms with van der Waals surface area (Å²) in [5.74, 6) is 2.28. The van der Waals surface area contributed by atoms with Gasteiger partial charge in [0.2, 0.25) is 5.95 Å². The fourth-order valence-electron chi connectivity index (χ4n) is 1.66. The van der Waals surface area contributed by atoms with E-state index in [-0.39, 0.29) is 5.95 Å². The largest absolute Gasteiger partial charge is 0.368 e. The monoisotopic (exact) mass is 260 g/mol. The molecule has 16 heavy (non-hydrogen) atoms. The quantitative estimate of drug-likeness (QED) is 0.777. The van der Waals surface area contributed by atoms with E-state index in [0.717, 1.165) is 24.3 Å². The first-order chi connectivity index (χ1) is 7.63. The van der Waals surface area contributed by atoms with Gasteiger partial charge >= 0.3 is 0 Å². The van der Waals surface area contributed by atoms with Gasteiger partial charge < -0.3 is 11.1 Å². The van der Waals surface area contributed by atoms with E-state index in [9.17, 15) is 4.21 Å². The third-order valence-corrected chi connectivity index (χ3v) is 4.03. The van der Waals surface area contributed by atoms with Gasteiger partial charge in [0.25, 0.3) is 0 Å². The number of anilines is 2. The lowest BCUT2D eigenvalue weighted by atomic mass is 10.1. The Bertz CT molecular complexity index is 384. The highest BCUT2D eigenvalue weighted by Crippen LogP contribution is 2.17. The maximum atomic E-state index is 11.2. The number of nitrogens with two attached hydrogens (primary N) is 1. The molecular weight excluding hydrogens is 248 g/mol. The first-order valence-electron chi connectivity index (χ1n) is 5.05. The van der Waals surface area contributed by atoms with Crippen LogP contribution in [0.1, 0.15) is 12.8 Å². The summed E-state index contributed by atoms with van der Waals surface area (Å²) in [5, 5.41) is 3.56. The molecule has 0 radical (unpaired) electrons. The van der Waals surface area contributed by atoms with Crippen molar-refractivity contribution in [2.24, 2.45) is 0 Å². The molecule has 0 bridgehead atoms. The lowest BCUT2D eigenvalue weighted by Gasteiger charge is -2.23. The van der Waals surface area contributed by atoms with Gasteiger partial charge in [-0.2, -0.15) is 4.98 Å². The molecule has 88 valence electrons. The Morgan fingerprint density at radius 1 is 1.44 bits per heavy atom. The molecule has 0 saturated carbocycles. The van der Waals surface area contributed by atoms with Crippen molar-refractivity contribution in [1.82, 2.24) is 9.97 Å². The highest BCUT2D eigenvalue weighted by Gasteiger charge is 2.18. The van der Waals surface area contributed by atoms with Gasteiger partial charge in [0.15, 0.2) is 0 Å². The molecule has 0 aromatic carbocycles. The van der Waals surface area contributed by atoms with Gasteiger partial charge in [-0.3, -0.25) is 4.21 Å². The molecule has 1 saturated heterocycles. The van der Waals surface area contributed by atoms with Crippen molar-refractivity contribution in [2.75, 3.05) is 22.6 Å². The number of hydrogen-bond donors (Lipinski definition) is 2. The van der Waals surface area contributed by atoms with Crippen molar-refractivity contribution in [3.8, 4) is 0 Å². The van der Waals surface area contributed by atoms with Crippen molar-refractivity contribution in [3.63, 3.8) is 0 Å². The Labute approximate surface area is 101 Å². The van der Waals surface area contributed by atoms with E-state index < -0.39 is 10.8 Å². The molecule has 0 spiro atoms. The fraction of sp³-hybridized carbons (Fsp3) is 0.556. The van der Waals surface area contributed by atoms with Crippen LogP contribution in [-0.2, 0) is 10.8 Å². The van der Waals surface area contributed by atoms with Crippen LogP contribution in [0.25, 0.3) is 0 Å². The molecule has 5 nitrogen and oxygen atoms in total. The van der Waals surface area contributed by atoms with E-state index in [1.807, 2.05) is 0 Å². The van der Waals surface area contributed by atoms with Gasteiger partial charge in [0.1, 0.15) is 11.0 Å². The van der Waals surface area contributed by atoms with E-state index in [1.54, 1.807) is 6.07 Å². The second-order valence-electron chi connectivity index (χ2n) is 3.70. The molecule has 1 aromatic heterocycles. The molecular formula is C9H13ClN4OS. The van der Waals surface area contributed by atoms with E-state index in [0.29, 0.717) is 17.0 Å². The van der Waals surface area contributed by atoms with Crippen LogP contribution in [0.4, 0.5) is 11.8 Å². The predicted molar refractivity (Wildman–Crippen MR) is 66.0 cm³/mol. The van der Waals surface area contributed by atoms with Crippen LogP contribution in [-0.4, -0.2) is 31.7 Å². The average Bonchev–Trinajstić information content (AvgIpc) is 2.20. The minimum absolute atomic E-state index is 0.161. The van der Waals surface area contributed by atoms with Crippen molar-refractivity contribution in [1.29, 1.82) is 0 Å². The van der Waals surface area contributed by atoms with Crippen molar-refractivity contribution < 1.29 is 4.21 Å². The molecule has 1 fully saturated rings. The molecule has 1 aliphatic heterocycles. The summed E-state index contributed by atoms with van der Waals surface area (Å²) in [6.07, 6.45) is 1.77. The number of aromatic nitrogens is 2. The second kappa shape index (κ2) is 4.97. The second-order valence-corrected chi connectivity index (χ2v) is 5.78. The zero-order valence-electron chi connectivity index (χ0n) is 8.65. The van der Waals surface area contributed by atoms with E-state index >= 15 is 0 Å². The molecule has 3 N–H and O–H groups in total. The molecule has 1 aromatic rings. The van der Waals surface area contributed by atoms with Gasteiger partial charge in [-0.25, -0.2) is 4.98 Å². The average molecular weight is 261 g/mol. The fourth-order valence-corrected chi connectivity index (χ4v) is 3.15. The maximum Gasteiger partial charge on any atom is 0.223 e. The first-order valence-corrected chi connectivity index (χ1v) is 6.91. The lowest BCUT2D eigenvalue weighted by Crippen LogP contribution is -2.29. The summed E-state index contributed by atoms with van der Waals surface area (Å²) in [4.78, 5) is 7.83. The maximum absolute atomic E-state index is 11.2. The summed E-state index contributed by atoms with van der Waals surface area (Å²) in [7, 11) is -0.651. The summed E-state index contributed by atoms with van der Waals surface area (Å²) in [6, 6.07) is 1.94. The summed E-state index contributed by atoms with van der Waals surface area (Å²) in [6.45, 7) is 0. The third-order valence-electron chi connectivity index (χ3n) is 2.45. The zero-order chi connectivity index (χ0) is 11.5. The zero-order valence-corrected chi connectivity index (χ0v) is 10.2. The Morgan fingerprint density at radius 2 is 2.12 bits per heavy atom. The molecule has 2 heterocycles. The highest BCUT2D eigenvalue weighted by molar-refractivity contribution is 7.85. The van der Waals surface area contributed by atoms with Crippen molar-refractivity contribution in [3.05, 3.63) is 11.2 Å². The minimum Gasteiger partial charge on any atom is -0.368 e. The van der Waals surface area contributed by atoms with Crippen LogP contribution in [0.3, 0.4) is 0 Å². The number of nitrogen functional groups attached to an aromatic ring is 1. The van der Waals surface area contributed by atoms with Crippen LogP contribution in [0, 0.1) is 0 Å².